The summed E-state index contributed by atoms with van der Waals surface area (Å²) in [7, 11) is 1.57. The van der Waals surface area contributed by atoms with Gasteiger partial charge in [-0.3, -0.25) is 9.69 Å². The van der Waals surface area contributed by atoms with Gasteiger partial charge < -0.3 is 19.0 Å². The molecule has 1 amide bonds. The molecule has 1 atom stereocenters. The standard InChI is InChI=1S/C21H24FN5O3/c1-14(23-21(28)18-4-3-11-30-18)20-25-24-19-7-8-26(9-10-27(19)20)13-15-12-16(29-2)5-6-17(15)22/h3-6,11-12,14H,7-10,13H2,1-2H3,(H,23,28)/t14-/m1/s1. The molecule has 0 saturated heterocycles. The zero-order chi connectivity index (χ0) is 21.1. The van der Waals surface area contributed by atoms with Gasteiger partial charge in [-0.15, -0.1) is 10.2 Å². The fraction of sp³-hybridized carbons (Fsp3) is 0.381. The number of fused-ring (bicyclic) bond motifs is 1. The fourth-order valence-electron chi connectivity index (χ4n) is 3.65. The Hall–Kier alpha value is -3.20. The lowest BCUT2D eigenvalue weighted by atomic mass is 10.2. The number of ether oxygens (including phenoxy) is 1. The Morgan fingerprint density at radius 1 is 1.30 bits per heavy atom. The molecule has 3 heterocycles. The molecule has 0 aliphatic carbocycles. The van der Waals surface area contributed by atoms with Gasteiger partial charge in [-0.1, -0.05) is 0 Å². The molecule has 3 aromatic rings. The van der Waals surface area contributed by atoms with Gasteiger partial charge >= 0.3 is 0 Å². The molecule has 0 fully saturated rings. The van der Waals surface area contributed by atoms with Crippen LogP contribution < -0.4 is 10.1 Å². The zero-order valence-corrected chi connectivity index (χ0v) is 17.0. The molecule has 0 spiro atoms. The first-order valence-electron chi connectivity index (χ1n) is 9.86. The van der Waals surface area contributed by atoms with E-state index in [9.17, 15) is 9.18 Å². The zero-order valence-electron chi connectivity index (χ0n) is 17.0. The number of furan rings is 1. The molecule has 4 rings (SSSR count). The first-order valence-corrected chi connectivity index (χ1v) is 9.86. The van der Waals surface area contributed by atoms with E-state index in [4.69, 9.17) is 9.15 Å². The average Bonchev–Trinajstić information content (AvgIpc) is 3.38. The van der Waals surface area contributed by atoms with Gasteiger partial charge in [-0.2, -0.15) is 0 Å². The van der Waals surface area contributed by atoms with Crippen LogP contribution in [0.2, 0.25) is 0 Å². The minimum atomic E-state index is -0.328. The number of carbonyl (C=O) groups is 1. The molecule has 1 aromatic carbocycles. The normalized spacial score (nSPS) is 15.3. The Morgan fingerprint density at radius 3 is 2.93 bits per heavy atom. The second kappa shape index (κ2) is 8.66. The lowest BCUT2D eigenvalue weighted by molar-refractivity contribution is 0.0909. The number of nitrogens with zero attached hydrogens (tertiary/aromatic N) is 4. The fourth-order valence-corrected chi connectivity index (χ4v) is 3.65. The highest BCUT2D eigenvalue weighted by Gasteiger charge is 2.24. The summed E-state index contributed by atoms with van der Waals surface area (Å²) in [6.45, 7) is 4.47. The Morgan fingerprint density at radius 2 is 2.17 bits per heavy atom. The number of aromatic nitrogens is 3. The van der Waals surface area contributed by atoms with Gasteiger partial charge in [0.1, 0.15) is 17.4 Å². The number of carbonyl (C=O) groups excluding carboxylic acids is 1. The second-order valence-electron chi connectivity index (χ2n) is 7.28. The maximum Gasteiger partial charge on any atom is 0.287 e. The first-order chi connectivity index (χ1) is 14.5. The Bertz CT molecular complexity index is 1020. The third-order valence-electron chi connectivity index (χ3n) is 5.27. The molecule has 1 aliphatic rings. The highest BCUT2D eigenvalue weighted by Crippen LogP contribution is 2.21. The van der Waals surface area contributed by atoms with Gasteiger partial charge in [-0.25, -0.2) is 4.39 Å². The molecule has 0 saturated carbocycles. The summed E-state index contributed by atoms with van der Waals surface area (Å²) in [6, 6.07) is 7.74. The lowest BCUT2D eigenvalue weighted by Crippen LogP contribution is -2.30. The van der Waals surface area contributed by atoms with Crippen LogP contribution in [0.5, 0.6) is 5.75 Å². The van der Waals surface area contributed by atoms with E-state index in [2.05, 4.69) is 20.4 Å². The van der Waals surface area contributed by atoms with Crippen molar-refractivity contribution in [2.45, 2.75) is 32.5 Å². The number of rotatable bonds is 6. The van der Waals surface area contributed by atoms with Crippen LogP contribution in [0.1, 0.15) is 40.7 Å². The summed E-state index contributed by atoms with van der Waals surface area (Å²) < 4.78 is 26.6. The molecule has 0 bridgehead atoms. The average molecular weight is 413 g/mol. The highest BCUT2D eigenvalue weighted by atomic mass is 19.1. The third kappa shape index (κ3) is 4.20. The molecular weight excluding hydrogens is 389 g/mol. The van der Waals surface area contributed by atoms with Crippen molar-refractivity contribution in [2.24, 2.45) is 0 Å². The van der Waals surface area contributed by atoms with Crippen molar-refractivity contribution >= 4 is 5.91 Å². The van der Waals surface area contributed by atoms with E-state index in [0.717, 1.165) is 12.4 Å². The molecule has 1 aliphatic heterocycles. The van der Waals surface area contributed by atoms with Crippen LogP contribution in [0.15, 0.2) is 41.0 Å². The monoisotopic (exact) mass is 413 g/mol. The predicted molar refractivity (Wildman–Crippen MR) is 107 cm³/mol. The number of nitrogens with one attached hydrogen (secondary N) is 1. The smallest absolute Gasteiger partial charge is 0.287 e. The van der Waals surface area contributed by atoms with Crippen molar-refractivity contribution in [3.63, 3.8) is 0 Å². The number of benzene rings is 1. The molecule has 0 unspecified atom stereocenters. The number of hydrogen-bond acceptors (Lipinski definition) is 6. The molecule has 2 aromatic heterocycles. The topological polar surface area (TPSA) is 85.4 Å². The quantitative estimate of drug-likeness (QED) is 0.669. The largest absolute Gasteiger partial charge is 0.497 e. The van der Waals surface area contributed by atoms with E-state index in [0.29, 0.717) is 43.2 Å². The number of hydrogen-bond donors (Lipinski definition) is 1. The van der Waals surface area contributed by atoms with Crippen LogP contribution in [0.25, 0.3) is 0 Å². The number of methoxy groups -OCH3 is 1. The van der Waals surface area contributed by atoms with Crippen molar-refractivity contribution in [2.75, 3.05) is 20.2 Å². The summed E-state index contributed by atoms with van der Waals surface area (Å²) in [4.78, 5) is 14.5. The van der Waals surface area contributed by atoms with Crippen LogP contribution >= 0.6 is 0 Å². The second-order valence-corrected chi connectivity index (χ2v) is 7.28. The molecule has 8 nitrogen and oxygen atoms in total. The number of halogens is 1. The van der Waals surface area contributed by atoms with Crippen LogP contribution in [0.3, 0.4) is 0 Å². The van der Waals surface area contributed by atoms with E-state index in [-0.39, 0.29) is 23.5 Å². The van der Waals surface area contributed by atoms with E-state index in [1.807, 2.05) is 11.5 Å². The highest BCUT2D eigenvalue weighted by molar-refractivity contribution is 5.91. The summed E-state index contributed by atoms with van der Waals surface area (Å²) in [5, 5.41) is 11.5. The molecule has 9 heteroatoms. The summed E-state index contributed by atoms with van der Waals surface area (Å²) >= 11 is 0. The van der Waals surface area contributed by atoms with Gasteiger partial charge in [0.05, 0.1) is 19.4 Å². The van der Waals surface area contributed by atoms with Crippen LogP contribution in [-0.2, 0) is 19.5 Å². The van der Waals surface area contributed by atoms with Gasteiger partial charge in [0.15, 0.2) is 11.6 Å². The van der Waals surface area contributed by atoms with Crippen molar-refractivity contribution in [3.8, 4) is 5.75 Å². The minimum Gasteiger partial charge on any atom is -0.497 e. The van der Waals surface area contributed by atoms with Gasteiger partial charge in [0, 0.05) is 38.2 Å². The summed E-state index contributed by atoms with van der Waals surface area (Å²) in [5.74, 6) is 1.91. The van der Waals surface area contributed by atoms with Crippen LogP contribution in [0.4, 0.5) is 4.39 Å². The molecule has 30 heavy (non-hydrogen) atoms. The van der Waals surface area contributed by atoms with Gasteiger partial charge in [-0.05, 0) is 37.3 Å². The Kier molecular flexibility index (Phi) is 5.80. The van der Waals surface area contributed by atoms with Crippen LogP contribution in [-0.4, -0.2) is 45.8 Å². The summed E-state index contributed by atoms with van der Waals surface area (Å²) in [6.07, 6.45) is 2.15. The Balaban J connectivity index is 1.43. The lowest BCUT2D eigenvalue weighted by Gasteiger charge is -2.20. The van der Waals surface area contributed by atoms with Crippen molar-refractivity contribution in [3.05, 3.63) is 65.4 Å². The van der Waals surface area contributed by atoms with E-state index < -0.39 is 0 Å². The van der Waals surface area contributed by atoms with E-state index in [1.165, 1.54) is 12.3 Å². The van der Waals surface area contributed by atoms with Crippen molar-refractivity contribution in [1.29, 1.82) is 0 Å². The molecule has 1 N–H and O–H groups in total. The van der Waals surface area contributed by atoms with Gasteiger partial charge in [0.25, 0.3) is 5.91 Å². The maximum atomic E-state index is 14.2. The van der Waals surface area contributed by atoms with E-state index in [1.54, 1.807) is 31.4 Å². The molecular formula is C21H24FN5O3. The van der Waals surface area contributed by atoms with Crippen LogP contribution in [0, 0.1) is 5.82 Å². The van der Waals surface area contributed by atoms with E-state index >= 15 is 0 Å². The minimum absolute atomic E-state index is 0.241. The van der Waals surface area contributed by atoms with Crippen molar-refractivity contribution < 1.29 is 18.3 Å². The summed E-state index contributed by atoms with van der Waals surface area (Å²) in [5.41, 5.74) is 0.603. The first kappa shape index (κ1) is 20.1. The maximum absolute atomic E-state index is 14.2. The van der Waals surface area contributed by atoms with Crippen molar-refractivity contribution in [1.82, 2.24) is 25.0 Å². The predicted octanol–water partition coefficient (Wildman–Crippen LogP) is 2.57. The Labute approximate surface area is 173 Å². The third-order valence-corrected chi connectivity index (χ3v) is 5.27. The van der Waals surface area contributed by atoms with Gasteiger partial charge in [0.2, 0.25) is 0 Å². The SMILES string of the molecule is COc1ccc(F)c(CN2CCc3nnc([C@@H](C)NC(=O)c4ccco4)n3CC2)c1. The number of amides is 1. The molecule has 0 radical (unpaired) electrons. The molecule has 158 valence electrons.